The zero-order valence-electron chi connectivity index (χ0n) is 17.3. The third kappa shape index (κ3) is 15.8. The molecule has 0 aromatic heterocycles. The van der Waals surface area contributed by atoms with Crippen LogP contribution in [0.5, 0.6) is 0 Å². The van der Waals surface area contributed by atoms with Gasteiger partial charge in [-0.2, -0.15) is 0 Å². The molecule has 156 valence electrons. The van der Waals surface area contributed by atoms with Crippen molar-refractivity contribution in [1.82, 2.24) is 0 Å². The van der Waals surface area contributed by atoms with Crippen molar-refractivity contribution in [3.05, 3.63) is 11.9 Å². The van der Waals surface area contributed by atoms with Gasteiger partial charge in [0, 0.05) is 0 Å². The Kier molecular flexibility index (Phi) is 16.5. The summed E-state index contributed by atoms with van der Waals surface area (Å²) >= 11 is 1.20. The van der Waals surface area contributed by atoms with Gasteiger partial charge in [0.1, 0.15) is 0 Å². The van der Waals surface area contributed by atoms with Crippen molar-refractivity contribution < 1.29 is 28.9 Å². The third-order valence-electron chi connectivity index (χ3n) is 4.60. The first-order chi connectivity index (χ1) is 12.9. The zero-order chi connectivity index (χ0) is 20.5. The van der Waals surface area contributed by atoms with Crippen LogP contribution >= 0.6 is 0 Å². The maximum absolute atomic E-state index is 10.6. The monoisotopic (exact) mass is 548 g/mol. The van der Waals surface area contributed by atoms with Crippen LogP contribution in [-0.2, 0) is 28.9 Å². The molecule has 27 heavy (non-hydrogen) atoms. The Balaban J connectivity index is 0.000000621. The van der Waals surface area contributed by atoms with Crippen molar-refractivity contribution in [3.63, 3.8) is 0 Å². The maximum atomic E-state index is 10.6. The number of amides is 1. The fourth-order valence-corrected chi connectivity index (χ4v) is 3.35. The number of nitrogens with zero attached hydrogens (tertiary/aromatic N) is 1. The van der Waals surface area contributed by atoms with E-state index in [0.29, 0.717) is 5.90 Å². The molecule has 6 heteroatoms. The Bertz CT molecular complexity index is 470. The van der Waals surface area contributed by atoms with Gasteiger partial charge in [0.15, 0.2) is 0 Å². The summed E-state index contributed by atoms with van der Waals surface area (Å²) in [6.07, 6.45) is 16.9. The summed E-state index contributed by atoms with van der Waals surface area (Å²) in [5.74, 6) is 0.655. The van der Waals surface area contributed by atoms with Gasteiger partial charge in [-0.15, -0.1) is 0 Å². The topological polar surface area (TPSA) is 90.7 Å². The molecule has 0 heterocycles. The molecule has 1 aliphatic carbocycles. The van der Waals surface area contributed by atoms with E-state index in [2.05, 4.69) is 31.8 Å². The number of hydrogen-bond donors (Lipinski definition) is 2. The van der Waals surface area contributed by atoms with Crippen LogP contribution < -0.4 is 11.5 Å². The fraction of sp³-hybridized carbons (Fsp3) is 0.762. The van der Waals surface area contributed by atoms with E-state index < -0.39 is 5.91 Å². The van der Waals surface area contributed by atoms with Gasteiger partial charge in [-0.25, -0.2) is 0 Å². The summed E-state index contributed by atoms with van der Waals surface area (Å²) in [5, 5.41) is 0. The van der Waals surface area contributed by atoms with Crippen molar-refractivity contribution in [2.24, 2.45) is 22.4 Å². The predicted octanol–water partition coefficient (Wildman–Crippen LogP) is 4.17. The molecule has 1 saturated carbocycles. The molecule has 0 saturated heterocycles. The Morgan fingerprint density at radius 2 is 1.81 bits per heavy atom. The van der Waals surface area contributed by atoms with Crippen LogP contribution in [0.25, 0.3) is 0 Å². The molecular weight excluding hydrogens is 510 g/mol. The summed E-state index contributed by atoms with van der Waals surface area (Å²) in [4.78, 5) is 14.6. The van der Waals surface area contributed by atoms with E-state index in [1.165, 1.54) is 64.3 Å². The van der Waals surface area contributed by atoms with Crippen LogP contribution in [0.4, 0.5) is 0 Å². The fourth-order valence-electron chi connectivity index (χ4n) is 2.96. The number of primary amides is 1. The van der Waals surface area contributed by atoms with Crippen LogP contribution in [0.2, 0.25) is 0 Å². The van der Waals surface area contributed by atoms with E-state index in [4.69, 9.17) is 16.2 Å². The number of rotatable bonds is 8. The normalized spacial score (nSPS) is 17.7. The van der Waals surface area contributed by atoms with Crippen molar-refractivity contribution in [2.45, 2.75) is 97.5 Å². The van der Waals surface area contributed by atoms with Crippen LogP contribution in [-0.4, -0.2) is 22.3 Å². The minimum absolute atomic E-state index is 0.0552. The van der Waals surface area contributed by atoms with Crippen LogP contribution in [0, 0.1) is 12.0 Å². The molecule has 0 spiro atoms. The van der Waals surface area contributed by atoms with E-state index in [9.17, 15) is 4.79 Å². The molecule has 1 atom stereocenters. The van der Waals surface area contributed by atoms with Crippen molar-refractivity contribution in [1.29, 1.82) is 0 Å². The first-order valence-electron chi connectivity index (χ1n) is 10.3. The minimum atomic E-state index is -0.739. The molecule has 0 bridgehead atoms. The van der Waals surface area contributed by atoms with Crippen molar-refractivity contribution in [2.75, 3.05) is 0 Å². The molecule has 0 radical (unpaired) electrons. The van der Waals surface area contributed by atoms with Gasteiger partial charge in [-0.1, -0.05) is 51.9 Å². The Labute approximate surface area is 176 Å². The molecule has 5 nitrogen and oxygen atoms in total. The zero-order valence-corrected chi connectivity index (χ0v) is 20.3. The summed E-state index contributed by atoms with van der Waals surface area (Å²) in [5.41, 5.74) is 10.4. The number of hydrogen-bond acceptors (Lipinski definition) is 4. The number of aliphatic imine (C=N–C) groups is 1. The second-order valence-electron chi connectivity index (χ2n) is 7.18. The number of carbonyl (C=O) groups is 1. The molecule has 1 fully saturated rings. The molecule has 0 aromatic rings. The number of unbranched alkanes of at least 4 members (excludes halogenated alkanes) is 1. The van der Waals surface area contributed by atoms with Gasteiger partial charge in [-0.3, -0.25) is 0 Å². The molecule has 1 unspecified atom stereocenters. The molecule has 1 amide bonds. The third-order valence-corrected chi connectivity index (χ3v) is 5.32. The number of carbonyl (C=O) groups excluding carboxylic acids is 1. The predicted molar refractivity (Wildman–Crippen MR) is 110 cm³/mol. The standard InChI is InChI=1S/C12H20N3O2.C9H18.W/c1-4-6-7-10(5-2)17-9(3)15-11(13)8-12(14)16;1-9-7-5-3-2-4-6-8-9;/h3,10H,4-7,13H2,1-2H3,(H2,14,16);9H,2-8H2,1H3;/q-1;;/b15-9+;;. The van der Waals surface area contributed by atoms with E-state index in [1.54, 1.807) is 4.40 Å². The van der Waals surface area contributed by atoms with E-state index in [0.717, 1.165) is 31.6 Å². The molecule has 0 aromatic carbocycles. The molecular formula is C21H38N3O2W-. The quantitative estimate of drug-likeness (QED) is 0.207. The van der Waals surface area contributed by atoms with Gasteiger partial charge in [0.2, 0.25) is 0 Å². The van der Waals surface area contributed by atoms with Crippen LogP contribution in [0.15, 0.2) is 10.8 Å². The van der Waals surface area contributed by atoms with E-state index >= 15 is 0 Å². The number of ether oxygens (including phenoxy) is 1. The molecule has 1 rings (SSSR count). The summed E-state index contributed by atoms with van der Waals surface area (Å²) in [6, 6.07) is 0. The molecule has 0 aliphatic heterocycles. The van der Waals surface area contributed by atoms with Gasteiger partial charge in [0.25, 0.3) is 0 Å². The second-order valence-corrected chi connectivity index (χ2v) is 8.03. The van der Waals surface area contributed by atoms with Gasteiger partial charge >= 0.3 is 119 Å². The summed E-state index contributed by atoms with van der Waals surface area (Å²) < 4.78 is 7.51. The molecule has 1 aliphatic rings. The Hall–Kier alpha value is -0.962. The Morgan fingerprint density at radius 1 is 1.22 bits per heavy atom. The van der Waals surface area contributed by atoms with Gasteiger partial charge in [-0.05, 0) is 5.92 Å². The van der Waals surface area contributed by atoms with Crippen molar-refractivity contribution >= 4 is 16.2 Å². The van der Waals surface area contributed by atoms with Crippen molar-refractivity contribution in [3.8, 4) is 0 Å². The van der Waals surface area contributed by atoms with E-state index in [1.807, 2.05) is 0 Å². The first-order valence-corrected chi connectivity index (χ1v) is 12.0. The van der Waals surface area contributed by atoms with Gasteiger partial charge in [0.05, 0.1) is 0 Å². The van der Waals surface area contributed by atoms with Gasteiger partial charge < -0.3 is 0 Å². The van der Waals surface area contributed by atoms with Crippen LogP contribution in [0.3, 0.4) is 0 Å². The number of nitrogens with two attached hydrogens (primary N) is 2. The first kappa shape index (κ1) is 26.0. The summed E-state index contributed by atoms with van der Waals surface area (Å²) in [6.45, 7) is 6.60. The summed E-state index contributed by atoms with van der Waals surface area (Å²) in [7, 11) is 0. The average Bonchev–Trinajstić information content (AvgIpc) is 2.60. The Morgan fingerprint density at radius 3 is 2.30 bits per heavy atom. The molecule has 4 N–H and O–H groups in total. The van der Waals surface area contributed by atoms with Crippen LogP contribution in [0.1, 0.15) is 91.4 Å². The second kappa shape index (κ2) is 17.2. The average molecular weight is 548 g/mol. The van der Waals surface area contributed by atoms with E-state index in [-0.39, 0.29) is 11.9 Å². The SMILES string of the molecule is CC1CCCCCCC1.CCCCC(CC)O/C([CH]=[W])=N/C(N)=[C-]C(N)=O.